The van der Waals surface area contributed by atoms with Crippen molar-refractivity contribution in [2.45, 2.75) is 9.79 Å². The number of nitriles is 1. The van der Waals surface area contributed by atoms with Crippen molar-refractivity contribution in [3.05, 3.63) is 54.4 Å². The fourth-order valence-corrected chi connectivity index (χ4v) is 2.61. The largest absolute Gasteiger partial charge is 0.265 e. The molecule has 0 bridgehead atoms. The minimum atomic E-state index is -3.51. The zero-order valence-electron chi connectivity index (χ0n) is 8.74. The van der Waals surface area contributed by atoms with Crippen molar-refractivity contribution in [3.63, 3.8) is 0 Å². The molecule has 0 N–H and O–H groups in total. The third-order valence-corrected chi connectivity index (χ3v) is 4.04. The monoisotopic (exact) mass is 244 g/mol. The first-order chi connectivity index (χ1) is 8.14. The Hall–Kier alpha value is -2.19. The smallest absolute Gasteiger partial charge is 0.206 e. The summed E-state index contributed by atoms with van der Waals surface area (Å²) in [6, 6.07) is 10.6. The molecule has 17 heavy (non-hydrogen) atoms. The maximum Gasteiger partial charge on any atom is 0.206 e. The molecule has 84 valence electrons. The van der Waals surface area contributed by atoms with Crippen LogP contribution in [-0.2, 0) is 9.84 Å². The molecule has 0 aliphatic heterocycles. The van der Waals surface area contributed by atoms with Gasteiger partial charge < -0.3 is 0 Å². The van der Waals surface area contributed by atoms with Gasteiger partial charge in [0.15, 0.2) is 0 Å². The average molecular weight is 244 g/mol. The van der Waals surface area contributed by atoms with Gasteiger partial charge in [0.1, 0.15) is 0 Å². The lowest BCUT2D eigenvalue weighted by atomic mass is 10.2. The molecule has 1 aromatic heterocycles. The molecule has 0 unspecified atom stereocenters. The van der Waals surface area contributed by atoms with E-state index in [0.717, 1.165) is 0 Å². The summed E-state index contributed by atoms with van der Waals surface area (Å²) in [6.07, 6.45) is 2.85. The minimum absolute atomic E-state index is 0.169. The van der Waals surface area contributed by atoms with Crippen LogP contribution in [0.4, 0.5) is 0 Å². The van der Waals surface area contributed by atoms with E-state index in [-0.39, 0.29) is 9.79 Å². The lowest BCUT2D eigenvalue weighted by Gasteiger charge is -2.03. The lowest BCUT2D eigenvalue weighted by molar-refractivity contribution is 0.596. The molecule has 1 aromatic carbocycles. The Bertz CT molecular complexity index is 656. The number of aromatic nitrogens is 1. The zero-order valence-corrected chi connectivity index (χ0v) is 9.55. The Morgan fingerprint density at radius 2 is 1.47 bits per heavy atom. The molecule has 0 amide bonds. The molecule has 1 heterocycles. The number of benzene rings is 1. The molecule has 0 radical (unpaired) electrons. The topological polar surface area (TPSA) is 70.8 Å². The Morgan fingerprint density at radius 1 is 0.941 bits per heavy atom. The summed E-state index contributed by atoms with van der Waals surface area (Å²) >= 11 is 0. The standard InChI is InChI=1S/C12H8N2O2S/c13-9-10-1-3-11(4-2-10)17(15,16)12-5-7-14-8-6-12/h1-8H. The van der Waals surface area contributed by atoms with Crippen LogP contribution in [0.25, 0.3) is 0 Å². The SMILES string of the molecule is N#Cc1ccc(S(=O)(=O)c2ccncc2)cc1. The van der Waals surface area contributed by atoms with Gasteiger partial charge in [0, 0.05) is 12.4 Å². The van der Waals surface area contributed by atoms with Crippen LogP contribution >= 0.6 is 0 Å². The van der Waals surface area contributed by atoms with E-state index in [4.69, 9.17) is 5.26 Å². The normalized spacial score (nSPS) is 10.8. The van der Waals surface area contributed by atoms with Gasteiger partial charge in [-0.3, -0.25) is 4.98 Å². The highest BCUT2D eigenvalue weighted by Crippen LogP contribution is 2.19. The van der Waals surface area contributed by atoms with Crippen LogP contribution < -0.4 is 0 Å². The van der Waals surface area contributed by atoms with Crippen LogP contribution in [-0.4, -0.2) is 13.4 Å². The Morgan fingerprint density at radius 3 is 2.00 bits per heavy atom. The third kappa shape index (κ3) is 2.17. The second kappa shape index (κ2) is 4.36. The zero-order chi connectivity index (χ0) is 12.3. The number of pyridine rings is 1. The number of nitrogens with zero attached hydrogens (tertiary/aromatic N) is 2. The molecule has 0 aliphatic rings. The first-order valence-corrected chi connectivity index (χ1v) is 6.28. The van der Waals surface area contributed by atoms with Crippen molar-refractivity contribution in [2.24, 2.45) is 0 Å². The molecule has 0 atom stereocenters. The van der Waals surface area contributed by atoms with Gasteiger partial charge >= 0.3 is 0 Å². The first kappa shape index (κ1) is 11.3. The molecular formula is C12H8N2O2S. The fourth-order valence-electron chi connectivity index (χ4n) is 1.36. The van der Waals surface area contributed by atoms with E-state index in [1.54, 1.807) is 0 Å². The van der Waals surface area contributed by atoms with Crippen molar-refractivity contribution in [3.8, 4) is 6.07 Å². The van der Waals surface area contributed by atoms with Gasteiger partial charge in [0.05, 0.1) is 21.4 Å². The predicted molar refractivity (Wildman–Crippen MR) is 60.8 cm³/mol. The summed E-state index contributed by atoms with van der Waals surface area (Å²) in [5, 5.41) is 8.64. The van der Waals surface area contributed by atoms with E-state index in [9.17, 15) is 8.42 Å². The van der Waals surface area contributed by atoms with Crippen LogP contribution in [0.15, 0.2) is 58.6 Å². The summed E-state index contributed by atoms with van der Waals surface area (Å²) in [5.74, 6) is 0. The third-order valence-electron chi connectivity index (χ3n) is 2.25. The molecular weight excluding hydrogens is 236 g/mol. The van der Waals surface area contributed by atoms with Gasteiger partial charge in [-0.2, -0.15) is 5.26 Å². The average Bonchev–Trinajstić information content (AvgIpc) is 2.40. The number of hydrogen-bond donors (Lipinski definition) is 0. The van der Waals surface area contributed by atoms with Crippen molar-refractivity contribution in [2.75, 3.05) is 0 Å². The van der Waals surface area contributed by atoms with Crippen LogP contribution in [0, 0.1) is 11.3 Å². The summed E-state index contributed by atoms with van der Waals surface area (Å²) < 4.78 is 24.2. The summed E-state index contributed by atoms with van der Waals surface area (Å²) in [6.45, 7) is 0. The van der Waals surface area contributed by atoms with E-state index in [0.29, 0.717) is 5.56 Å². The van der Waals surface area contributed by atoms with Crippen molar-refractivity contribution in [1.82, 2.24) is 4.98 Å². The van der Waals surface area contributed by atoms with Gasteiger partial charge in [-0.1, -0.05) is 0 Å². The van der Waals surface area contributed by atoms with Crippen LogP contribution in [0.3, 0.4) is 0 Å². The van der Waals surface area contributed by atoms with E-state index < -0.39 is 9.84 Å². The van der Waals surface area contributed by atoms with Crippen molar-refractivity contribution >= 4 is 9.84 Å². The second-order valence-corrected chi connectivity index (χ2v) is 5.27. The highest BCUT2D eigenvalue weighted by Gasteiger charge is 2.16. The quantitative estimate of drug-likeness (QED) is 0.807. The number of rotatable bonds is 2. The molecule has 0 saturated carbocycles. The molecule has 0 saturated heterocycles. The van der Waals surface area contributed by atoms with E-state index in [1.807, 2.05) is 6.07 Å². The van der Waals surface area contributed by atoms with Gasteiger partial charge in [-0.05, 0) is 36.4 Å². The molecule has 4 nitrogen and oxygen atoms in total. The van der Waals surface area contributed by atoms with Crippen LogP contribution in [0.5, 0.6) is 0 Å². The van der Waals surface area contributed by atoms with Gasteiger partial charge in [-0.15, -0.1) is 0 Å². The maximum atomic E-state index is 12.1. The number of sulfone groups is 1. The maximum absolute atomic E-state index is 12.1. The Labute approximate surface area is 99.1 Å². The molecule has 0 aliphatic carbocycles. The fraction of sp³-hybridized carbons (Fsp3) is 0. The Balaban J connectivity index is 2.50. The van der Waals surface area contributed by atoms with Gasteiger partial charge in [0.25, 0.3) is 0 Å². The summed E-state index contributed by atoms with van der Waals surface area (Å²) in [7, 11) is -3.51. The van der Waals surface area contributed by atoms with E-state index >= 15 is 0 Å². The highest BCUT2D eigenvalue weighted by atomic mass is 32.2. The molecule has 0 fully saturated rings. The lowest BCUT2D eigenvalue weighted by Crippen LogP contribution is -2.01. The van der Waals surface area contributed by atoms with Crippen molar-refractivity contribution < 1.29 is 8.42 Å². The van der Waals surface area contributed by atoms with Gasteiger partial charge in [0.2, 0.25) is 9.84 Å². The summed E-state index contributed by atoms with van der Waals surface area (Å²) in [4.78, 5) is 4.13. The number of hydrogen-bond acceptors (Lipinski definition) is 4. The Kier molecular flexibility index (Phi) is 2.90. The summed E-state index contributed by atoms with van der Waals surface area (Å²) in [5.41, 5.74) is 0.429. The minimum Gasteiger partial charge on any atom is -0.265 e. The van der Waals surface area contributed by atoms with E-state index in [1.165, 1.54) is 48.8 Å². The predicted octanol–water partition coefficient (Wildman–Crippen LogP) is 1.79. The van der Waals surface area contributed by atoms with Crippen LogP contribution in [0.1, 0.15) is 5.56 Å². The van der Waals surface area contributed by atoms with Crippen molar-refractivity contribution in [1.29, 1.82) is 5.26 Å². The van der Waals surface area contributed by atoms with Gasteiger partial charge in [-0.25, -0.2) is 8.42 Å². The molecule has 0 spiro atoms. The highest BCUT2D eigenvalue weighted by molar-refractivity contribution is 7.91. The van der Waals surface area contributed by atoms with Crippen LogP contribution in [0.2, 0.25) is 0 Å². The first-order valence-electron chi connectivity index (χ1n) is 4.80. The molecule has 2 aromatic rings. The van der Waals surface area contributed by atoms with E-state index in [2.05, 4.69) is 4.98 Å². The molecule has 2 rings (SSSR count). The molecule has 5 heteroatoms. The second-order valence-electron chi connectivity index (χ2n) is 3.32.